The predicted molar refractivity (Wildman–Crippen MR) is 115 cm³/mol. The first-order valence-corrected chi connectivity index (χ1v) is 11.7. The maximum atomic E-state index is 13.2. The molecule has 0 radical (unpaired) electrons. The van der Waals surface area contributed by atoms with E-state index in [2.05, 4.69) is 11.1 Å². The number of aromatic amines is 1. The number of para-hydroxylation sites is 1. The molecule has 3 aromatic rings. The number of rotatable bonds is 2. The Hall–Kier alpha value is -2.69. The van der Waals surface area contributed by atoms with Crippen molar-refractivity contribution in [1.29, 1.82) is 0 Å². The molecule has 0 amide bonds. The van der Waals surface area contributed by atoms with Crippen LogP contribution in [0.5, 0.6) is 0 Å². The van der Waals surface area contributed by atoms with Gasteiger partial charge in [-0.05, 0) is 30.9 Å². The zero-order valence-corrected chi connectivity index (χ0v) is 18.2. The Morgan fingerprint density at radius 1 is 1.10 bits per heavy atom. The second-order valence-corrected chi connectivity index (χ2v) is 10.2. The zero-order valence-electron chi connectivity index (χ0n) is 17.4. The summed E-state index contributed by atoms with van der Waals surface area (Å²) in [4.78, 5) is 27.6. The van der Waals surface area contributed by atoms with E-state index >= 15 is 0 Å². The van der Waals surface area contributed by atoms with E-state index in [0.717, 1.165) is 33.0 Å². The second kappa shape index (κ2) is 6.91. The summed E-state index contributed by atoms with van der Waals surface area (Å²) in [6, 6.07) is 8.14. The van der Waals surface area contributed by atoms with Crippen LogP contribution in [0.2, 0.25) is 0 Å². The molecule has 1 aromatic carbocycles. The topological polar surface area (TPSA) is 106 Å². The molecule has 5 rings (SSSR count). The Morgan fingerprint density at radius 2 is 1.81 bits per heavy atom. The lowest BCUT2D eigenvalue weighted by atomic mass is 9.84. The summed E-state index contributed by atoms with van der Waals surface area (Å²) < 4.78 is 36.0. The van der Waals surface area contributed by atoms with Gasteiger partial charge in [0, 0.05) is 44.3 Å². The molecule has 4 heterocycles. The van der Waals surface area contributed by atoms with Crippen molar-refractivity contribution < 1.29 is 13.2 Å². The van der Waals surface area contributed by atoms with Gasteiger partial charge in [-0.15, -0.1) is 0 Å². The number of ether oxygens (including phenoxy) is 1. The van der Waals surface area contributed by atoms with Crippen molar-refractivity contribution in [2.45, 2.75) is 29.8 Å². The molecule has 1 spiro atoms. The van der Waals surface area contributed by atoms with Gasteiger partial charge in [-0.3, -0.25) is 9.36 Å². The molecule has 9 nitrogen and oxygen atoms in total. The standard InChI is InChI=1S/C21H24N4O5S/c1-23-13-17(19(26)24(2)20(23)27)31(28,29)25-10-8-21(9-11-25)18-15(7-12-30-21)14-5-3-4-6-16(14)22-18/h3-6,13,22H,7-12H2,1-2H3. The average Bonchev–Trinajstić information content (AvgIpc) is 3.15. The Kier molecular flexibility index (Phi) is 4.51. The van der Waals surface area contributed by atoms with Crippen LogP contribution in [0.15, 0.2) is 44.9 Å². The van der Waals surface area contributed by atoms with Crippen molar-refractivity contribution in [2.24, 2.45) is 14.1 Å². The number of piperidine rings is 1. The number of aryl methyl sites for hydroxylation is 1. The van der Waals surface area contributed by atoms with E-state index in [9.17, 15) is 18.0 Å². The van der Waals surface area contributed by atoms with Crippen LogP contribution in [0.3, 0.4) is 0 Å². The lowest BCUT2D eigenvalue weighted by molar-refractivity contribution is -0.0915. The molecule has 0 atom stereocenters. The highest BCUT2D eigenvalue weighted by atomic mass is 32.2. The minimum absolute atomic E-state index is 0.225. The highest BCUT2D eigenvalue weighted by Gasteiger charge is 2.45. The fourth-order valence-corrected chi connectivity index (χ4v) is 6.43. The van der Waals surface area contributed by atoms with Crippen molar-refractivity contribution in [3.8, 4) is 0 Å². The van der Waals surface area contributed by atoms with Gasteiger partial charge in [0.25, 0.3) is 5.56 Å². The van der Waals surface area contributed by atoms with Gasteiger partial charge in [0.05, 0.1) is 12.3 Å². The summed E-state index contributed by atoms with van der Waals surface area (Å²) in [7, 11) is -1.33. The van der Waals surface area contributed by atoms with Crippen molar-refractivity contribution >= 4 is 20.9 Å². The van der Waals surface area contributed by atoms with Crippen LogP contribution in [0.4, 0.5) is 0 Å². The van der Waals surface area contributed by atoms with E-state index in [1.807, 2.05) is 18.2 Å². The fraction of sp³-hybridized carbons (Fsp3) is 0.429. The Morgan fingerprint density at radius 3 is 2.55 bits per heavy atom. The van der Waals surface area contributed by atoms with Crippen molar-refractivity contribution in [2.75, 3.05) is 19.7 Å². The molecule has 2 aromatic heterocycles. The van der Waals surface area contributed by atoms with Gasteiger partial charge in [-0.2, -0.15) is 4.31 Å². The van der Waals surface area contributed by atoms with E-state index in [1.54, 1.807) is 0 Å². The van der Waals surface area contributed by atoms with E-state index in [0.29, 0.717) is 19.4 Å². The van der Waals surface area contributed by atoms with Crippen LogP contribution < -0.4 is 11.2 Å². The Balaban J connectivity index is 1.48. The molecule has 0 bridgehead atoms. The summed E-state index contributed by atoms with van der Waals surface area (Å²) in [5.74, 6) is 0. The number of aromatic nitrogens is 3. The molecular formula is C21H24N4O5S. The molecular weight excluding hydrogens is 420 g/mol. The number of nitrogens with one attached hydrogen (secondary N) is 1. The first-order valence-electron chi connectivity index (χ1n) is 10.3. The van der Waals surface area contributed by atoms with Crippen LogP contribution in [0.25, 0.3) is 10.9 Å². The van der Waals surface area contributed by atoms with E-state index in [1.165, 1.54) is 29.4 Å². The zero-order chi connectivity index (χ0) is 22.0. The van der Waals surface area contributed by atoms with E-state index in [4.69, 9.17) is 4.74 Å². The molecule has 0 saturated carbocycles. The lowest BCUT2D eigenvalue weighted by Gasteiger charge is -2.43. The number of hydrogen-bond donors (Lipinski definition) is 1. The molecule has 31 heavy (non-hydrogen) atoms. The van der Waals surface area contributed by atoms with Crippen LogP contribution in [-0.2, 0) is 40.9 Å². The van der Waals surface area contributed by atoms with Crippen molar-refractivity contribution in [3.63, 3.8) is 0 Å². The summed E-state index contributed by atoms with van der Waals surface area (Å²) >= 11 is 0. The fourth-order valence-electron chi connectivity index (χ4n) is 4.84. The number of hydrogen-bond acceptors (Lipinski definition) is 5. The molecule has 2 aliphatic heterocycles. The summed E-state index contributed by atoms with van der Waals surface area (Å²) in [6.07, 6.45) is 2.89. The monoisotopic (exact) mass is 444 g/mol. The van der Waals surface area contributed by atoms with Gasteiger partial charge in [0.2, 0.25) is 10.0 Å². The van der Waals surface area contributed by atoms with Crippen LogP contribution in [0.1, 0.15) is 24.1 Å². The Bertz CT molecular complexity index is 1410. The van der Waals surface area contributed by atoms with Crippen LogP contribution >= 0.6 is 0 Å². The van der Waals surface area contributed by atoms with Crippen LogP contribution in [-0.4, -0.2) is 46.5 Å². The van der Waals surface area contributed by atoms with Gasteiger partial charge >= 0.3 is 5.69 Å². The largest absolute Gasteiger partial charge is 0.368 e. The molecule has 10 heteroatoms. The quantitative estimate of drug-likeness (QED) is 0.630. The average molecular weight is 445 g/mol. The van der Waals surface area contributed by atoms with Crippen molar-refractivity contribution in [3.05, 3.63) is 62.6 Å². The SMILES string of the molecule is Cn1cc(S(=O)(=O)N2CCC3(CC2)OCCc2c3[nH]c3ccccc23)c(=O)n(C)c1=O. The molecule has 0 unspecified atom stereocenters. The number of sulfonamides is 1. The molecule has 0 aliphatic carbocycles. The number of benzene rings is 1. The number of fused-ring (bicyclic) bond motifs is 4. The third-order valence-electron chi connectivity index (χ3n) is 6.56. The minimum atomic E-state index is -4.04. The Labute approximate surface area is 178 Å². The lowest BCUT2D eigenvalue weighted by Crippen LogP contribution is -2.50. The first kappa shape index (κ1) is 20.2. The van der Waals surface area contributed by atoms with Gasteiger partial charge in [0.15, 0.2) is 4.90 Å². The third kappa shape index (κ3) is 2.93. The summed E-state index contributed by atoms with van der Waals surface area (Å²) in [5.41, 5.74) is 1.40. The third-order valence-corrected chi connectivity index (χ3v) is 8.44. The maximum absolute atomic E-state index is 13.2. The number of nitrogens with zero attached hydrogens (tertiary/aromatic N) is 3. The van der Waals surface area contributed by atoms with E-state index < -0.39 is 26.9 Å². The molecule has 1 N–H and O–H groups in total. The normalized spacial score (nSPS) is 19.0. The second-order valence-electron chi connectivity index (χ2n) is 8.27. The minimum Gasteiger partial charge on any atom is -0.368 e. The first-order chi connectivity index (χ1) is 14.7. The molecule has 164 valence electrons. The summed E-state index contributed by atoms with van der Waals surface area (Å²) in [5, 5.41) is 1.18. The predicted octanol–water partition coefficient (Wildman–Crippen LogP) is 0.818. The molecule has 1 saturated heterocycles. The molecule has 2 aliphatic rings. The number of H-pyrrole nitrogens is 1. The van der Waals surface area contributed by atoms with Crippen molar-refractivity contribution in [1.82, 2.24) is 18.4 Å². The highest BCUT2D eigenvalue weighted by Crippen LogP contribution is 2.44. The van der Waals surface area contributed by atoms with Gasteiger partial charge in [0.1, 0.15) is 5.60 Å². The van der Waals surface area contributed by atoms with Gasteiger partial charge < -0.3 is 14.3 Å². The smallest absolute Gasteiger partial charge is 0.330 e. The highest BCUT2D eigenvalue weighted by molar-refractivity contribution is 7.89. The maximum Gasteiger partial charge on any atom is 0.330 e. The van der Waals surface area contributed by atoms with Crippen LogP contribution in [0, 0.1) is 0 Å². The van der Waals surface area contributed by atoms with Gasteiger partial charge in [-0.25, -0.2) is 13.2 Å². The molecule has 1 fully saturated rings. The summed E-state index contributed by atoms with van der Waals surface area (Å²) in [6.45, 7) is 1.04. The van der Waals surface area contributed by atoms with E-state index in [-0.39, 0.29) is 18.0 Å². The van der Waals surface area contributed by atoms with Gasteiger partial charge in [-0.1, -0.05) is 18.2 Å².